The van der Waals surface area contributed by atoms with Gasteiger partial charge in [0.2, 0.25) is 10.0 Å². The van der Waals surface area contributed by atoms with Crippen LogP contribution in [-0.2, 0) is 14.8 Å². The van der Waals surface area contributed by atoms with E-state index in [1.807, 2.05) is 4.72 Å². The van der Waals surface area contributed by atoms with E-state index in [4.69, 9.17) is 15.6 Å². The van der Waals surface area contributed by atoms with E-state index in [2.05, 4.69) is 0 Å². The van der Waals surface area contributed by atoms with E-state index in [1.165, 1.54) is 26.2 Å². The van der Waals surface area contributed by atoms with E-state index >= 15 is 0 Å². The fourth-order valence-corrected chi connectivity index (χ4v) is 2.62. The van der Waals surface area contributed by atoms with Crippen LogP contribution in [0, 0.1) is 0 Å². The molecule has 110 valence electrons. The van der Waals surface area contributed by atoms with E-state index in [9.17, 15) is 18.0 Å². The maximum Gasteiger partial charge on any atom is 0.321 e. The van der Waals surface area contributed by atoms with Crippen molar-refractivity contribution in [3.8, 4) is 5.75 Å². The molecular weight excluding hydrogens is 288 g/mol. The highest BCUT2D eigenvalue weighted by Gasteiger charge is 2.23. The molecule has 1 unspecified atom stereocenters. The van der Waals surface area contributed by atoms with Crippen molar-refractivity contribution >= 4 is 21.9 Å². The molecule has 0 fully saturated rings. The van der Waals surface area contributed by atoms with Crippen LogP contribution < -0.4 is 15.2 Å². The monoisotopic (exact) mass is 302 g/mol. The number of carbonyl (C=O) groups excluding carboxylic acids is 1. The molecule has 1 aromatic rings. The van der Waals surface area contributed by atoms with Crippen molar-refractivity contribution in [2.45, 2.75) is 17.9 Å². The van der Waals surface area contributed by atoms with Gasteiger partial charge in [-0.05, 0) is 25.1 Å². The summed E-state index contributed by atoms with van der Waals surface area (Å²) in [6, 6.07) is 2.17. The average Bonchev–Trinajstić information content (AvgIpc) is 2.37. The molecule has 0 saturated heterocycles. The second-order valence-electron chi connectivity index (χ2n) is 3.91. The Kier molecular flexibility index (Phi) is 4.69. The number of sulfonamides is 1. The number of carboxylic acids is 1. The number of hydrogen-bond acceptors (Lipinski definition) is 5. The Bertz CT molecular complexity index is 640. The van der Waals surface area contributed by atoms with Crippen LogP contribution in [0.15, 0.2) is 23.1 Å². The molecule has 0 aromatic heterocycles. The Morgan fingerprint density at radius 1 is 1.40 bits per heavy atom. The lowest BCUT2D eigenvalue weighted by Crippen LogP contribution is -2.38. The third-order valence-corrected chi connectivity index (χ3v) is 3.99. The quantitative estimate of drug-likeness (QED) is 0.651. The van der Waals surface area contributed by atoms with Crippen LogP contribution >= 0.6 is 0 Å². The maximum atomic E-state index is 12.0. The van der Waals surface area contributed by atoms with Gasteiger partial charge in [-0.2, -0.15) is 4.72 Å². The Morgan fingerprint density at radius 3 is 2.45 bits per heavy atom. The van der Waals surface area contributed by atoms with E-state index in [0.29, 0.717) is 0 Å². The van der Waals surface area contributed by atoms with Crippen molar-refractivity contribution in [2.75, 3.05) is 7.11 Å². The first-order chi connectivity index (χ1) is 9.19. The minimum Gasteiger partial charge on any atom is -0.496 e. The molecule has 1 rings (SSSR count). The summed E-state index contributed by atoms with van der Waals surface area (Å²) in [6.07, 6.45) is 0. The molecule has 0 aliphatic rings. The number of carbonyl (C=O) groups is 2. The number of aliphatic carboxylic acids is 1. The number of benzene rings is 1. The molecule has 0 aliphatic heterocycles. The first kappa shape index (κ1) is 15.9. The molecule has 1 atom stereocenters. The van der Waals surface area contributed by atoms with Crippen molar-refractivity contribution in [2.24, 2.45) is 5.73 Å². The van der Waals surface area contributed by atoms with Crippen molar-refractivity contribution in [3.63, 3.8) is 0 Å². The topological polar surface area (TPSA) is 136 Å². The molecule has 1 amide bonds. The predicted octanol–water partition coefficient (Wildman–Crippen LogP) is -0.454. The lowest BCUT2D eigenvalue weighted by atomic mass is 10.2. The molecule has 0 bridgehead atoms. The summed E-state index contributed by atoms with van der Waals surface area (Å²) >= 11 is 0. The number of primary amides is 1. The second kappa shape index (κ2) is 5.88. The fraction of sp³-hybridized carbons (Fsp3) is 0.273. The highest BCUT2D eigenvalue weighted by Crippen LogP contribution is 2.22. The number of hydrogen-bond donors (Lipinski definition) is 3. The van der Waals surface area contributed by atoms with Gasteiger partial charge in [-0.3, -0.25) is 9.59 Å². The van der Waals surface area contributed by atoms with E-state index < -0.39 is 27.9 Å². The zero-order chi connectivity index (χ0) is 15.5. The van der Waals surface area contributed by atoms with Crippen LogP contribution in [0.4, 0.5) is 0 Å². The number of amides is 1. The normalized spacial score (nSPS) is 12.7. The summed E-state index contributed by atoms with van der Waals surface area (Å²) < 4.78 is 30.7. The standard InChI is InChI=1S/C11H14N2O6S/c1-6(11(15)16)13-20(17,18)7-3-4-9(19-2)8(5-7)10(12)14/h3-6,13H,1-2H3,(H2,12,14)(H,15,16). The van der Waals surface area contributed by atoms with Crippen LogP contribution in [0.1, 0.15) is 17.3 Å². The molecule has 0 radical (unpaired) electrons. The van der Waals surface area contributed by atoms with Gasteiger partial charge in [0.1, 0.15) is 11.8 Å². The number of nitrogens with one attached hydrogen (secondary N) is 1. The second-order valence-corrected chi connectivity index (χ2v) is 5.62. The minimum absolute atomic E-state index is 0.113. The third-order valence-electron chi connectivity index (χ3n) is 2.45. The molecule has 1 aromatic carbocycles. The molecule has 9 heteroatoms. The van der Waals surface area contributed by atoms with Gasteiger partial charge in [0, 0.05) is 0 Å². The van der Waals surface area contributed by atoms with Crippen LogP contribution in [0.25, 0.3) is 0 Å². The molecule has 0 heterocycles. The Labute approximate surface area is 115 Å². The van der Waals surface area contributed by atoms with Crippen LogP contribution in [-0.4, -0.2) is 38.6 Å². The Morgan fingerprint density at radius 2 is 2.00 bits per heavy atom. The SMILES string of the molecule is COc1ccc(S(=O)(=O)NC(C)C(=O)O)cc1C(N)=O. The smallest absolute Gasteiger partial charge is 0.321 e. The fourth-order valence-electron chi connectivity index (χ4n) is 1.40. The predicted molar refractivity (Wildman–Crippen MR) is 68.9 cm³/mol. The summed E-state index contributed by atoms with van der Waals surface area (Å²) in [5.41, 5.74) is 5.01. The zero-order valence-corrected chi connectivity index (χ0v) is 11.6. The maximum absolute atomic E-state index is 12.0. The van der Waals surface area contributed by atoms with E-state index in [0.717, 1.165) is 6.07 Å². The van der Waals surface area contributed by atoms with Crippen LogP contribution in [0.2, 0.25) is 0 Å². The molecule has 20 heavy (non-hydrogen) atoms. The van der Waals surface area contributed by atoms with Gasteiger partial charge < -0.3 is 15.6 Å². The Balaban J connectivity index is 3.23. The van der Waals surface area contributed by atoms with Crippen molar-refractivity contribution in [1.29, 1.82) is 0 Å². The number of rotatable bonds is 6. The largest absolute Gasteiger partial charge is 0.496 e. The molecule has 8 nitrogen and oxygen atoms in total. The first-order valence-corrected chi connectivity index (χ1v) is 6.90. The molecule has 0 saturated carbocycles. The van der Waals surface area contributed by atoms with Crippen LogP contribution in [0.5, 0.6) is 5.75 Å². The van der Waals surface area contributed by atoms with E-state index in [1.54, 1.807) is 0 Å². The van der Waals surface area contributed by atoms with Crippen LogP contribution in [0.3, 0.4) is 0 Å². The lowest BCUT2D eigenvalue weighted by molar-refractivity contribution is -0.138. The van der Waals surface area contributed by atoms with Gasteiger partial charge in [0.25, 0.3) is 5.91 Å². The number of nitrogens with two attached hydrogens (primary N) is 1. The first-order valence-electron chi connectivity index (χ1n) is 5.42. The number of methoxy groups -OCH3 is 1. The summed E-state index contributed by atoms with van der Waals surface area (Å²) in [5, 5.41) is 8.70. The van der Waals surface area contributed by atoms with Gasteiger partial charge in [-0.25, -0.2) is 8.42 Å². The number of carboxylic acid groups (broad SMARTS) is 1. The van der Waals surface area contributed by atoms with Gasteiger partial charge in [-0.1, -0.05) is 0 Å². The third kappa shape index (κ3) is 3.45. The molecule has 0 aliphatic carbocycles. The van der Waals surface area contributed by atoms with Crippen molar-refractivity contribution in [3.05, 3.63) is 23.8 Å². The van der Waals surface area contributed by atoms with Gasteiger partial charge in [0.05, 0.1) is 17.6 Å². The average molecular weight is 302 g/mol. The minimum atomic E-state index is -4.08. The summed E-state index contributed by atoms with van der Waals surface area (Å²) in [7, 11) is -2.77. The van der Waals surface area contributed by atoms with E-state index in [-0.39, 0.29) is 16.2 Å². The summed E-state index contributed by atoms with van der Waals surface area (Å²) in [4.78, 5) is 21.6. The summed E-state index contributed by atoms with van der Waals surface area (Å²) in [6.45, 7) is 1.18. The molecule has 0 spiro atoms. The van der Waals surface area contributed by atoms with Gasteiger partial charge in [0.15, 0.2) is 0 Å². The number of ether oxygens (including phenoxy) is 1. The summed E-state index contributed by atoms with van der Waals surface area (Å²) in [5.74, 6) is -2.05. The molecule has 4 N–H and O–H groups in total. The van der Waals surface area contributed by atoms with Crippen molar-refractivity contribution < 1.29 is 27.9 Å². The van der Waals surface area contributed by atoms with Crippen molar-refractivity contribution in [1.82, 2.24) is 4.72 Å². The highest BCUT2D eigenvalue weighted by atomic mass is 32.2. The Hall–Kier alpha value is -2.13. The lowest BCUT2D eigenvalue weighted by Gasteiger charge is -2.12. The zero-order valence-electron chi connectivity index (χ0n) is 10.8. The van der Waals surface area contributed by atoms with Gasteiger partial charge in [-0.15, -0.1) is 0 Å². The molecular formula is C11H14N2O6S. The van der Waals surface area contributed by atoms with Gasteiger partial charge >= 0.3 is 5.97 Å². The highest BCUT2D eigenvalue weighted by molar-refractivity contribution is 7.89.